The minimum Gasteiger partial charge on any atom is -0.337 e. The molecule has 1 atom stereocenters. The number of hydrogen-bond donors (Lipinski definition) is 0. The van der Waals surface area contributed by atoms with E-state index in [1.54, 1.807) is 6.20 Å². The zero-order valence-corrected chi connectivity index (χ0v) is 11.6. The fourth-order valence-corrected chi connectivity index (χ4v) is 1.95. The number of hydrogen-bond acceptors (Lipinski definition) is 3. The van der Waals surface area contributed by atoms with Gasteiger partial charge in [0.1, 0.15) is 5.82 Å². The Hall–Kier alpha value is -1.94. The number of likely N-dealkylation sites (N-methyl/N-ethyl adjacent to an activating group) is 1. The Kier molecular flexibility index (Phi) is 4.12. The van der Waals surface area contributed by atoms with Crippen LogP contribution in [0.4, 0.5) is 0 Å². The molecule has 1 unspecified atom stereocenters. The maximum atomic E-state index is 12.3. The van der Waals surface area contributed by atoms with Gasteiger partial charge < -0.3 is 4.57 Å². The van der Waals surface area contributed by atoms with Crippen molar-refractivity contribution in [3.05, 3.63) is 54.1 Å². The summed E-state index contributed by atoms with van der Waals surface area (Å²) in [6.45, 7) is 2.58. The minimum atomic E-state index is -0.168. The van der Waals surface area contributed by atoms with Crippen molar-refractivity contribution in [3.63, 3.8) is 0 Å². The average molecular weight is 257 g/mol. The van der Waals surface area contributed by atoms with Crippen LogP contribution in [0.25, 0.3) is 0 Å². The SMILES string of the molecule is CC(C(=O)c1ccccc1)N(C)Cc1nccn1C. The normalized spacial score (nSPS) is 12.6. The summed E-state index contributed by atoms with van der Waals surface area (Å²) in [6, 6.07) is 9.23. The lowest BCUT2D eigenvalue weighted by Gasteiger charge is -2.23. The van der Waals surface area contributed by atoms with Crippen LogP contribution in [0.15, 0.2) is 42.7 Å². The van der Waals surface area contributed by atoms with E-state index in [1.165, 1.54) is 0 Å². The monoisotopic (exact) mass is 257 g/mol. The molecular formula is C15H19N3O. The Morgan fingerprint density at radius 2 is 2.05 bits per heavy atom. The van der Waals surface area contributed by atoms with Gasteiger partial charge in [-0.05, 0) is 14.0 Å². The molecule has 0 N–H and O–H groups in total. The first-order valence-electron chi connectivity index (χ1n) is 6.35. The maximum Gasteiger partial charge on any atom is 0.179 e. The molecule has 4 heteroatoms. The van der Waals surface area contributed by atoms with E-state index in [4.69, 9.17) is 0 Å². The van der Waals surface area contributed by atoms with Crippen molar-refractivity contribution in [2.24, 2.45) is 7.05 Å². The molecule has 0 aliphatic rings. The second kappa shape index (κ2) is 5.80. The van der Waals surface area contributed by atoms with Crippen LogP contribution in [0.2, 0.25) is 0 Å². The predicted molar refractivity (Wildman–Crippen MR) is 74.9 cm³/mol. The summed E-state index contributed by atoms with van der Waals surface area (Å²) in [4.78, 5) is 18.6. The molecule has 0 saturated heterocycles. The van der Waals surface area contributed by atoms with E-state index < -0.39 is 0 Å². The lowest BCUT2D eigenvalue weighted by atomic mass is 10.0. The summed E-state index contributed by atoms with van der Waals surface area (Å²) < 4.78 is 1.97. The van der Waals surface area contributed by atoms with Crippen LogP contribution in [0.3, 0.4) is 0 Å². The summed E-state index contributed by atoms with van der Waals surface area (Å²) in [6.07, 6.45) is 3.68. The molecule has 1 aromatic carbocycles. The predicted octanol–water partition coefficient (Wildman–Crippen LogP) is 2.12. The standard InChI is InChI=1S/C15H19N3O/c1-12(15(19)13-7-5-4-6-8-13)18(3)11-14-16-9-10-17(14)2/h4-10,12H,11H2,1-3H3. The van der Waals surface area contributed by atoms with Crippen LogP contribution in [0.1, 0.15) is 23.1 Å². The van der Waals surface area contributed by atoms with Crippen LogP contribution in [0, 0.1) is 0 Å². The minimum absolute atomic E-state index is 0.136. The smallest absolute Gasteiger partial charge is 0.179 e. The van der Waals surface area contributed by atoms with E-state index in [-0.39, 0.29) is 11.8 Å². The molecule has 1 heterocycles. The largest absolute Gasteiger partial charge is 0.337 e. The number of carbonyl (C=O) groups excluding carboxylic acids is 1. The number of imidazole rings is 1. The molecule has 0 amide bonds. The fraction of sp³-hybridized carbons (Fsp3) is 0.333. The molecule has 0 bridgehead atoms. The lowest BCUT2D eigenvalue weighted by molar-refractivity contribution is 0.0859. The van der Waals surface area contributed by atoms with Crippen LogP contribution in [0.5, 0.6) is 0 Å². The molecule has 19 heavy (non-hydrogen) atoms. The number of aromatic nitrogens is 2. The van der Waals surface area contributed by atoms with E-state index in [0.29, 0.717) is 6.54 Å². The molecule has 0 aliphatic carbocycles. The van der Waals surface area contributed by atoms with Crippen molar-refractivity contribution < 1.29 is 4.79 Å². The van der Waals surface area contributed by atoms with Crippen LogP contribution >= 0.6 is 0 Å². The van der Waals surface area contributed by atoms with Gasteiger partial charge in [-0.2, -0.15) is 0 Å². The highest BCUT2D eigenvalue weighted by Gasteiger charge is 2.20. The van der Waals surface area contributed by atoms with Gasteiger partial charge in [0.2, 0.25) is 0 Å². The molecule has 2 aromatic rings. The summed E-state index contributed by atoms with van der Waals surface area (Å²) in [5, 5.41) is 0. The quantitative estimate of drug-likeness (QED) is 0.770. The second-order valence-electron chi connectivity index (χ2n) is 4.78. The fourth-order valence-electron chi connectivity index (χ4n) is 1.95. The molecular weight excluding hydrogens is 238 g/mol. The zero-order chi connectivity index (χ0) is 13.8. The van der Waals surface area contributed by atoms with Gasteiger partial charge >= 0.3 is 0 Å². The highest BCUT2D eigenvalue weighted by Crippen LogP contribution is 2.10. The molecule has 0 spiro atoms. The zero-order valence-electron chi connectivity index (χ0n) is 11.6. The third-order valence-corrected chi connectivity index (χ3v) is 3.41. The van der Waals surface area contributed by atoms with Crippen molar-refractivity contribution in [3.8, 4) is 0 Å². The number of ketones is 1. The first-order valence-corrected chi connectivity index (χ1v) is 6.35. The Morgan fingerprint density at radius 3 is 2.63 bits per heavy atom. The molecule has 0 saturated carbocycles. The van der Waals surface area contributed by atoms with Crippen molar-refractivity contribution in [1.82, 2.24) is 14.5 Å². The second-order valence-corrected chi connectivity index (χ2v) is 4.78. The molecule has 2 rings (SSSR count). The number of aryl methyl sites for hydroxylation is 1. The van der Waals surface area contributed by atoms with Crippen molar-refractivity contribution in [2.45, 2.75) is 19.5 Å². The summed E-state index contributed by atoms with van der Waals surface area (Å²) in [5.41, 5.74) is 0.752. The number of Topliss-reactive ketones (excluding diaryl/α,β-unsaturated/α-hetero) is 1. The molecule has 0 fully saturated rings. The van der Waals surface area contributed by atoms with E-state index in [9.17, 15) is 4.79 Å². The summed E-state index contributed by atoms with van der Waals surface area (Å²) in [5.74, 6) is 1.09. The van der Waals surface area contributed by atoms with Gasteiger partial charge in [0.15, 0.2) is 5.78 Å². The van der Waals surface area contributed by atoms with Crippen LogP contribution < -0.4 is 0 Å². The number of rotatable bonds is 5. The topological polar surface area (TPSA) is 38.1 Å². The Bertz CT molecular complexity index is 548. The van der Waals surface area contributed by atoms with Crippen molar-refractivity contribution in [1.29, 1.82) is 0 Å². The van der Waals surface area contributed by atoms with Gasteiger partial charge in [0, 0.05) is 25.0 Å². The van der Waals surface area contributed by atoms with Gasteiger partial charge in [0.05, 0.1) is 12.6 Å². The van der Waals surface area contributed by atoms with E-state index in [0.717, 1.165) is 11.4 Å². The third-order valence-electron chi connectivity index (χ3n) is 3.41. The first kappa shape index (κ1) is 13.5. The molecule has 4 nitrogen and oxygen atoms in total. The average Bonchev–Trinajstić information content (AvgIpc) is 2.83. The van der Waals surface area contributed by atoms with Crippen molar-refractivity contribution >= 4 is 5.78 Å². The van der Waals surface area contributed by atoms with Gasteiger partial charge in [-0.25, -0.2) is 4.98 Å². The third kappa shape index (κ3) is 3.09. The van der Waals surface area contributed by atoms with Gasteiger partial charge in [-0.3, -0.25) is 9.69 Å². The van der Waals surface area contributed by atoms with E-state index in [1.807, 2.05) is 67.0 Å². The van der Waals surface area contributed by atoms with Crippen LogP contribution in [-0.2, 0) is 13.6 Å². The van der Waals surface area contributed by atoms with Crippen molar-refractivity contribution in [2.75, 3.05) is 7.05 Å². The summed E-state index contributed by atoms with van der Waals surface area (Å²) in [7, 11) is 3.90. The highest BCUT2D eigenvalue weighted by atomic mass is 16.1. The number of carbonyl (C=O) groups is 1. The van der Waals surface area contributed by atoms with Crippen LogP contribution in [-0.4, -0.2) is 33.3 Å². The molecule has 0 aliphatic heterocycles. The number of nitrogens with zero attached hydrogens (tertiary/aromatic N) is 3. The molecule has 100 valence electrons. The first-order chi connectivity index (χ1) is 9.09. The van der Waals surface area contributed by atoms with Gasteiger partial charge in [-0.15, -0.1) is 0 Å². The van der Waals surface area contributed by atoms with E-state index >= 15 is 0 Å². The Morgan fingerprint density at radius 1 is 1.37 bits per heavy atom. The van der Waals surface area contributed by atoms with Gasteiger partial charge in [-0.1, -0.05) is 30.3 Å². The highest BCUT2D eigenvalue weighted by molar-refractivity contribution is 5.99. The Balaban J connectivity index is 2.05. The Labute approximate surface area is 113 Å². The maximum absolute atomic E-state index is 12.3. The summed E-state index contributed by atoms with van der Waals surface area (Å²) >= 11 is 0. The lowest BCUT2D eigenvalue weighted by Crippen LogP contribution is -2.36. The molecule has 0 radical (unpaired) electrons. The van der Waals surface area contributed by atoms with E-state index in [2.05, 4.69) is 4.98 Å². The molecule has 1 aromatic heterocycles. The van der Waals surface area contributed by atoms with Gasteiger partial charge in [0.25, 0.3) is 0 Å². The number of benzene rings is 1.